The van der Waals surface area contributed by atoms with Crippen molar-refractivity contribution in [2.45, 2.75) is 19.3 Å². The Morgan fingerprint density at radius 2 is 2.17 bits per heavy atom. The van der Waals surface area contributed by atoms with Gasteiger partial charge in [0.2, 0.25) is 5.96 Å². The zero-order valence-corrected chi connectivity index (χ0v) is 11.0. The van der Waals surface area contributed by atoms with Gasteiger partial charge in [-0.2, -0.15) is 0 Å². The minimum Gasteiger partial charge on any atom is -0.408 e. The first kappa shape index (κ1) is 13.0. The van der Waals surface area contributed by atoms with E-state index >= 15 is 0 Å². The van der Waals surface area contributed by atoms with Crippen LogP contribution in [0.5, 0.6) is 0 Å². The van der Waals surface area contributed by atoms with Crippen LogP contribution in [0.2, 0.25) is 5.02 Å². The van der Waals surface area contributed by atoms with Gasteiger partial charge in [-0.1, -0.05) is 28.9 Å². The summed E-state index contributed by atoms with van der Waals surface area (Å²) in [6.07, 6.45) is 3.16. The molecule has 5 heteroatoms. The van der Waals surface area contributed by atoms with Crippen LogP contribution < -0.4 is 5.73 Å². The maximum absolute atomic E-state index is 8.63. The largest absolute Gasteiger partial charge is 0.408 e. The number of hydrogen-bond acceptors (Lipinski definition) is 2. The average molecular weight is 268 g/mol. The highest BCUT2D eigenvalue weighted by Gasteiger charge is 2.20. The van der Waals surface area contributed by atoms with E-state index in [4.69, 9.17) is 22.5 Å². The van der Waals surface area contributed by atoms with Crippen LogP contribution in [-0.2, 0) is 6.42 Å². The van der Waals surface area contributed by atoms with E-state index in [0.717, 1.165) is 37.4 Å². The van der Waals surface area contributed by atoms with Crippen LogP contribution in [0.4, 0.5) is 0 Å². The Morgan fingerprint density at radius 1 is 1.44 bits per heavy atom. The number of nitrogens with zero attached hydrogens (tertiary/aromatic N) is 2. The van der Waals surface area contributed by atoms with Crippen molar-refractivity contribution in [3.05, 3.63) is 34.9 Å². The highest BCUT2D eigenvalue weighted by atomic mass is 35.5. The maximum Gasteiger partial charge on any atom is 0.233 e. The van der Waals surface area contributed by atoms with Gasteiger partial charge in [-0.05, 0) is 42.9 Å². The van der Waals surface area contributed by atoms with Crippen molar-refractivity contribution in [1.82, 2.24) is 4.90 Å². The van der Waals surface area contributed by atoms with E-state index in [2.05, 4.69) is 11.2 Å². The van der Waals surface area contributed by atoms with Crippen molar-refractivity contribution >= 4 is 17.6 Å². The summed E-state index contributed by atoms with van der Waals surface area (Å²) in [5.41, 5.74) is 6.86. The number of benzene rings is 1. The molecule has 0 bridgehead atoms. The van der Waals surface area contributed by atoms with Crippen LogP contribution in [0.3, 0.4) is 0 Å². The lowest BCUT2D eigenvalue weighted by atomic mass is 9.90. The molecule has 1 aromatic carbocycles. The van der Waals surface area contributed by atoms with Crippen molar-refractivity contribution in [3.8, 4) is 0 Å². The molecule has 0 amide bonds. The molecule has 1 aliphatic heterocycles. The number of halogens is 1. The zero-order valence-electron chi connectivity index (χ0n) is 10.2. The first-order valence-corrected chi connectivity index (χ1v) is 6.53. The molecule has 1 fully saturated rings. The van der Waals surface area contributed by atoms with E-state index in [9.17, 15) is 0 Å². The van der Waals surface area contributed by atoms with E-state index < -0.39 is 0 Å². The third-order valence-corrected chi connectivity index (χ3v) is 3.69. The molecule has 0 saturated carbocycles. The number of rotatable bonds is 2. The molecule has 2 rings (SSSR count). The van der Waals surface area contributed by atoms with Crippen LogP contribution in [0.1, 0.15) is 18.4 Å². The minimum atomic E-state index is 0.219. The smallest absolute Gasteiger partial charge is 0.233 e. The van der Waals surface area contributed by atoms with E-state index in [-0.39, 0.29) is 5.96 Å². The van der Waals surface area contributed by atoms with Crippen LogP contribution in [0.25, 0.3) is 0 Å². The highest BCUT2D eigenvalue weighted by molar-refractivity contribution is 6.30. The second kappa shape index (κ2) is 5.96. The van der Waals surface area contributed by atoms with Crippen molar-refractivity contribution in [2.75, 3.05) is 13.1 Å². The summed E-state index contributed by atoms with van der Waals surface area (Å²) in [6, 6.07) is 8.02. The first-order chi connectivity index (χ1) is 8.69. The predicted molar refractivity (Wildman–Crippen MR) is 72.9 cm³/mol. The van der Waals surface area contributed by atoms with E-state index in [1.165, 1.54) is 5.56 Å². The fourth-order valence-corrected chi connectivity index (χ4v) is 2.64. The van der Waals surface area contributed by atoms with Crippen molar-refractivity contribution in [1.29, 1.82) is 0 Å². The third-order valence-electron chi connectivity index (χ3n) is 3.45. The molecule has 98 valence electrons. The Labute approximate surface area is 112 Å². The second-order valence-corrected chi connectivity index (χ2v) is 5.16. The van der Waals surface area contributed by atoms with Crippen molar-refractivity contribution < 1.29 is 5.21 Å². The van der Waals surface area contributed by atoms with E-state index in [0.29, 0.717) is 5.92 Å². The zero-order chi connectivity index (χ0) is 13.0. The molecule has 1 aliphatic rings. The Balaban J connectivity index is 1.87. The van der Waals surface area contributed by atoms with Gasteiger partial charge in [0.1, 0.15) is 0 Å². The summed E-state index contributed by atoms with van der Waals surface area (Å²) in [4.78, 5) is 1.91. The van der Waals surface area contributed by atoms with E-state index in [1.807, 2.05) is 23.1 Å². The Hall–Kier alpha value is -1.42. The number of hydrogen-bond donors (Lipinski definition) is 2. The molecule has 1 aromatic rings. The average Bonchev–Trinajstić information content (AvgIpc) is 2.39. The summed E-state index contributed by atoms with van der Waals surface area (Å²) in [5.74, 6) is 0.863. The molecule has 0 aromatic heterocycles. The standard InChI is InChI=1S/C13H18ClN3O/c14-12-3-1-2-11(9-12)8-10-4-6-17(7-5-10)13(15)16-18/h1-3,9-10,18H,4-8H2,(H2,15,16). The topological polar surface area (TPSA) is 61.9 Å². The fraction of sp³-hybridized carbons (Fsp3) is 0.462. The number of likely N-dealkylation sites (tertiary alicyclic amines) is 1. The van der Waals surface area contributed by atoms with Gasteiger partial charge in [-0.15, -0.1) is 0 Å². The van der Waals surface area contributed by atoms with Crippen LogP contribution in [-0.4, -0.2) is 29.2 Å². The molecule has 3 N–H and O–H groups in total. The summed E-state index contributed by atoms with van der Waals surface area (Å²) in [7, 11) is 0. The summed E-state index contributed by atoms with van der Waals surface area (Å²) in [5, 5.41) is 12.5. The molecule has 18 heavy (non-hydrogen) atoms. The number of nitrogens with two attached hydrogens (primary N) is 1. The molecular weight excluding hydrogens is 250 g/mol. The maximum atomic E-state index is 8.63. The van der Waals surface area contributed by atoms with Gasteiger partial charge in [0.05, 0.1) is 0 Å². The van der Waals surface area contributed by atoms with Gasteiger partial charge in [0.15, 0.2) is 0 Å². The van der Waals surface area contributed by atoms with Crippen molar-refractivity contribution in [3.63, 3.8) is 0 Å². The lowest BCUT2D eigenvalue weighted by Gasteiger charge is -2.32. The number of piperidine rings is 1. The minimum absolute atomic E-state index is 0.219. The number of guanidine groups is 1. The van der Waals surface area contributed by atoms with Gasteiger partial charge < -0.3 is 15.8 Å². The Kier molecular flexibility index (Phi) is 4.31. The molecule has 1 heterocycles. The molecule has 4 nitrogen and oxygen atoms in total. The van der Waals surface area contributed by atoms with Crippen LogP contribution >= 0.6 is 11.6 Å². The summed E-state index contributed by atoms with van der Waals surface area (Å²) >= 11 is 5.98. The lowest BCUT2D eigenvalue weighted by molar-refractivity contribution is 0.245. The summed E-state index contributed by atoms with van der Waals surface area (Å²) in [6.45, 7) is 1.70. The number of oxime groups is 1. The molecule has 0 spiro atoms. The highest BCUT2D eigenvalue weighted by Crippen LogP contribution is 2.22. The first-order valence-electron chi connectivity index (χ1n) is 6.16. The molecule has 0 atom stereocenters. The van der Waals surface area contributed by atoms with E-state index in [1.54, 1.807) is 0 Å². The monoisotopic (exact) mass is 267 g/mol. The molecule has 1 saturated heterocycles. The predicted octanol–water partition coefficient (Wildman–Crippen LogP) is 2.30. The molecule has 0 aliphatic carbocycles. The van der Waals surface area contributed by atoms with Gasteiger partial charge in [0, 0.05) is 18.1 Å². The second-order valence-electron chi connectivity index (χ2n) is 4.72. The quantitative estimate of drug-likeness (QED) is 0.374. The normalized spacial score (nSPS) is 18.1. The van der Waals surface area contributed by atoms with Gasteiger partial charge in [-0.3, -0.25) is 0 Å². The third kappa shape index (κ3) is 3.29. The summed E-state index contributed by atoms with van der Waals surface area (Å²) < 4.78 is 0. The molecule has 0 radical (unpaired) electrons. The van der Waals surface area contributed by atoms with Gasteiger partial charge >= 0.3 is 0 Å². The van der Waals surface area contributed by atoms with Crippen molar-refractivity contribution in [2.24, 2.45) is 16.8 Å². The molecular formula is C13H18ClN3O. The lowest BCUT2D eigenvalue weighted by Crippen LogP contribution is -2.43. The Morgan fingerprint density at radius 3 is 2.78 bits per heavy atom. The Bertz CT molecular complexity index is 428. The SMILES string of the molecule is NC(=NO)N1CCC(Cc2cccc(Cl)c2)CC1. The van der Waals surface area contributed by atoms with Crippen LogP contribution in [0.15, 0.2) is 29.4 Å². The van der Waals surface area contributed by atoms with Gasteiger partial charge in [-0.25, -0.2) is 0 Å². The van der Waals surface area contributed by atoms with Crippen LogP contribution in [0, 0.1) is 5.92 Å². The van der Waals surface area contributed by atoms with Gasteiger partial charge in [0.25, 0.3) is 0 Å². The fourth-order valence-electron chi connectivity index (χ4n) is 2.43. The molecule has 0 unspecified atom stereocenters.